The van der Waals surface area contributed by atoms with Gasteiger partial charge >= 0.3 is 0 Å². The van der Waals surface area contributed by atoms with E-state index in [1.807, 2.05) is 20.8 Å². The van der Waals surface area contributed by atoms with Gasteiger partial charge in [-0.15, -0.1) is 11.6 Å². The molecule has 1 aromatic rings. The van der Waals surface area contributed by atoms with Crippen molar-refractivity contribution in [3.8, 4) is 5.88 Å². The third-order valence-electron chi connectivity index (χ3n) is 1.73. The molecule has 0 aliphatic carbocycles. The number of aromatic nitrogens is 2. The lowest BCUT2D eigenvalue weighted by molar-refractivity contribution is 0.325. The van der Waals surface area contributed by atoms with Gasteiger partial charge < -0.3 is 10.1 Å². The van der Waals surface area contributed by atoms with Crippen LogP contribution in [-0.2, 0) is 0 Å². The van der Waals surface area contributed by atoms with Crippen molar-refractivity contribution in [2.75, 3.05) is 17.8 Å². The zero-order chi connectivity index (χ0) is 11.3. The molecule has 0 fully saturated rings. The first-order valence-corrected chi connectivity index (χ1v) is 5.50. The summed E-state index contributed by atoms with van der Waals surface area (Å²) in [6.45, 7) is 6.34. The smallest absolute Gasteiger partial charge is 0.218 e. The topological polar surface area (TPSA) is 47.0 Å². The zero-order valence-electron chi connectivity index (χ0n) is 9.25. The fraction of sp³-hybridized carbons (Fsp3) is 0.600. The van der Waals surface area contributed by atoms with Crippen LogP contribution >= 0.6 is 11.6 Å². The molecule has 0 aromatic carbocycles. The fourth-order valence-electron chi connectivity index (χ4n) is 1.13. The van der Waals surface area contributed by atoms with Crippen molar-refractivity contribution in [1.29, 1.82) is 0 Å². The lowest BCUT2D eigenvalue weighted by Gasteiger charge is -2.12. The van der Waals surface area contributed by atoms with Crippen LogP contribution in [0.3, 0.4) is 0 Å². The normalized spacial score (nSPS) is 12.3. The lowest BCUT2D eigenvalue weighted by atomic mass is 10.4. The van der Waals surface area contributed by atoms with E-state index < -0.39 is 0 Å². The van der Waals surface area contributed by atoms with Crippen LogP contribution in [-0.4, -0.2) is 28.5 Å². The van der Waals surface area contributed by atoms with Crippen molar-refractivity contribution < 1.29 is 4.74 Å². The van der Waals surface area contributed by atoms with Gasteiger partial charge in [0.1, 0.15) is 11.6 Å². The van der Waals surface area contributed by atoms with Gasteiger partial charge in [-0.25, -0.2) is 4.98 Å². The molecule has 84 valence electrons. The van der Waals surface area contributed by atoms with Crippen LogP contribution in [0.5, 0.6) is 5.88 Å². The van der Waals surface area contributed by atoms with Gasteiger partial charge in [-0.1, -0.05) is 0 Å². The summed E-state index contributed by atoms with van der Waals surface area (Å²) >= 11 is 5.71. The molecule has 0 bridgehead atoms. The summed E-state index contributed by atoms with van der Waals surface area (Å²) in [7, 11) is 0. The van der Waals surface area contributed by atoms with Crippen molar-refractivity contribution in [1.82, 2.24) is 9.97 Å². The predicted octanol–water partition coefficient (Wildman–Crippen LogP) is 2.22. The minimum absolute atomic E-state index is 0.176. The summed E-state index contributed by atoms with van der Waals surface area (Å²) in [5.74, 6) is 2.56. The van der Waals surface area contributed by atoms with Gasteiger partial charge in [0, 0.05) is 18.0 Å². The van der Waals surface area contributed by atoms with Crippen LogP contribution in [0.25, 0.3) is 0 Å². The van der Waals surface area contributed by atoms with Gasteiger partial charge in [-0.3, -0.25) is 0 Å². The molecule has 0 saturated carbocycles. The number of hydrogen-bond acceptors (Lipinski definition) is 4. The summed E-state index contributed by atoms with van der Waals surface area (Å²) in [5, 5.41) is 3.17. The van der Waals surface area contributed by atoms with E-state index in [0.717, 1.165) is 5.82 Å². The van der Waals surface area contributed by atoms with Crippen LogP contribution in [0, 0.1) is 6.92 Å². The maximum atomic E-state index is 5.71. The molecule has 1 aromatic heterocycles. The number of hydrogen-bond donors (Lipinski definition) is 1. The number of alkyl halides is 1. The number of aryl methyl sites for hydroxylation is 1. The molecule has 0 radical (unpaired) electrons. The Morgan fingerprint density at radius 1 is 1.53 bits per heavy atom. The number of halogens is 1. The first-order valence-electron chi connectivity index (χ1n) is 4.96. The van der Waals surface area contributed by atoms with E-state index in [0.29, 0.717) is 24.2 Å². The average Bonchev–Trinajstić information content (AvgIpc) is 2.17. The third kappa shape index (κ3) is 3.91. The Balaban J connectivity index is 2.78. The van der Waals surface area contributed by atoms with E-state index in [2.05, 4.69) is 15.3 Å². The van der Waals surface area contributed by atoms with Gasteiger partial charge in [0.15, 0.2) is 0 Å². The summed E-state index contributed by atoms with van der Waals surface area (Å²) in [4.78, 5) is 8.39. The quantitative estimate of drug-likeness (QED) is 0.787. The first kappa shape index (κ1) is 12.0. The Morgan fingerprint density at radius 2 is 2.27 bits per heavy atom. The van der Waals surface area contributed by atoms with Crippen LogP contribution < -0.4 is 10.1 Å². The Labute approximate surface area is 95.0 Å². The van der Waals surface area contributed by atoms with E-state index in [9.17, 15) is 0 Å². The predicted molar refractivity (Wildman–Crippen MR) is 61.7 cm³/mol. The molecule has 5 heteroatoms. The zero-order valence-corrected chi connectivity index (χ0v) is 10.0. The van der Waals surface area contributed by atoms with Gasteiger partial charge in [0.2, 0.25) is 5.88 Å². The summed E-state index contributed by atoms with van der Waals surface area (Å²) in [6, 6.07) is 1.95. The van der Waals surface area contributed by atoms with Crippen LogP contribution in [0.4, 0.5) is 5.82 Å². The monoisotopic (exact) mass is 229 g/mol. The van der Waals surface area contributed by atoms with Gasteiger partial charge in [-0.2, -0.15) is 4.98 Å². The first-order chi connectivity index (χ1) is 7.15. The SMILES string of the molecule is CCOc1cc(NC(C)CCl)nc(C)n1. The van der Waals surface area contributed by atoms with Crippen LogP contribution in [0.15, 0.2) is 6.07 Å². The van der Waals surface area contributed by atoms with E-state index in [1.165, 1.54) is 0 Å². The van der Waals surface area contributed by atoms with E-state index in [4.69, 9.17) is 16.3 Å². The second kappa shape index (κ2) is 5.75. The second-order valence-electron chi connectivity index (χ2n) is 3.27. The molecule has 0 aliphatic rings. The lowest BCUT2D eigenvalue weighted by Crippen LogP contribution is -2.18. The largest absolute Gasteiger partial charge is 0.478 e. The minimum atomic E-state index is 0.176. The van der Waals surface area contributed by atoms with E-state index >= 15 is 0 Å². The minimum Gasteiger partial charge on any atom is -0.478 e. The van der Waals surface area contributed by atoms with E-state index in [-0.39, 0.29) is 6.04 Å². The number of anilines is 1. The molecule has 1 heterocycles. The molecule has 0 amide bonds. The van der Waals surface area contributed by atoms with E-state index in [1.54, 1.807) is 6.07 Å². The maximum Gasteiger partial charge on any atom is 0.218 e. The molecule has 0 spiro atoms. The number of rotatable bonds is 5. The number of nitrogens with one attached hydrogen (secondary N) is 1. The molecular formula is C10H16ClN3O. The second-order valence-corrected chi connectivity index (χ2v) is 3.58. The highest BCUT2D eigenvalue weighted by molar-refractivity contribution is 6.18. The van der Waals surface area contributed by atoms with Crippen molar-refractivity contribution in [3.63, 3.8) is 0 Å². The molecule has 0 aliphatic heterocycles. The van der Waals surface area contributed by atoms with Gasteiger partial charge in [0.25, 0.3) is 0 Å². The highest BCUT2D eigenvalue weighted by Gasteiger charge is 2.05. The molecule has 1 atom stereocenters. The molecule has 15 heavy (non-hydrogen) atoms. The molecule has 4 nitrogen and oxygen atoms in total. The molecule has 1 rings (SSSR count). The Kier molecular flexibility index (Phi) is 4.62. The van der Waals surface area contributed by atoms with Crippen molar-refractivity contribution in [2.45, 2.75) is 26.8 Å². The van der Waals surface area contributed by atoms with Crippen LogP contribution in [0.2, 0.25) is 0 Å². The molecule has 1 unspecified atom stereocenters. The molecule has 0 saturated heterocycles. The van der Waals surface area contributed by atoms with Crippen LogP contribution in [0.1, 0.15) is 19.7 Å². The Morgan fingerprint density at radius 3 is 2.87 bits per heavy atom. The number of ether oxygens (including phenoxy) is 1. The van der Waals surface area contributed by atoms with Gasteiger partial charge in [-0.05, 0) is 20.8 Å². The Hall–Kier alpha value is -1.03. The average molecular weight is 230 g/mol. The fourth-order valence-corrected chi connectivity index (χ4v) is 1.20. The standard InChI is InChI=1S/C10H16ClN3O/c1-4-15-10-5-9(12-7(2)6-11)13-8(3)14-10/h5,7H,4,6H2,1-3H3,(H,12,13,14). The summed E-state index contributed by atoms with van der Waals surface area (Å²) in [5.41, 5.74) is 0. The Bertz CT molecular complexity index is 320. The highest BCUT2D eigenvalue weighted by atomic mass is 35.5. The van der Waals surface area contributed by atoms with Crippen molar-refractivity contribution >= 4 is 17.4 Å². The van der Waals surface area contributed by atoms with Gasteiger partial charge in [0.05, 0.1) is 6.61 Å². The molecular weight excluding hydrogens is 214 g/mol. The van der Waals surface area contributed by atoms with Crippen molar-refractivity contribution in [2.24, 2.45) is 0 Å². The molecule has 1 N–H and O–H groups in total. The summed E-state index contributed by atoms with van der Waals surface area (Å²) < 4.78 is 5.32. The highest BCUT2D eigenvalue weighted by Crippen LogP contribution is 2.14. The maximum absolute atomic E-state index is 5.71. The number of nitrogens with zero attached hydrogens (tertiary/aromatic N) is 2. The van der Waals surface area contributed by atoms with Crippen molar-refractivity contribution in [3.05, 3.63) is 11.9 Å². The third-order valence-corrected chi connectivity index (χ3v) is 2.20. The summed E-state index contributed by atoms with van der Waals surface area (Å²) in [6.07, 6.45) is 0.